The molecule has 1 aliphatic heterocycles. The number of nitrogens with two attached hydrogens (primary N) is 1. The number of hydrogen-bond acceptors (Lipinski definition) is 2. The number of benzene rings is 2. The lowest BCUT2D eigenvalue weighted by Gasteiger charge is -2.13. The summed E-state index contributed by atoms with van der Waals surface area (Å²) in [6.07, 6.45) is 0. The molecule has 3 nitrogen and oxygen atoms in total. The van der Waals surface area contributed by atoms with Crippen molar-refractivity contribution in [2.75, 3.05) is 6.61 Å². The maximum atomic E-state index is 13.6. The molecule has 0 aliphatic carbocycles. The van der Waals surface area contributed by atoms with Crippen molar-refractivity contribution in [1.82, 2.24) is 0 Å². The molecular weight excluding hydrogens is 264 g/mol. The van der Waals surface area contributed by atoms with E-state index in [0.717, 1.165) is 6.07 Å². The van der Waals surface area contributed by atoms with Crippen molar-refractivity contribution in [3.63, 3.8) is 0 Å². The molecule has 2 aromatic rings. The highest BCUT2D eigenvalue weighted by molar-refractivity contribution is 5.94. The summed E-state index contributed by atoms with van der Waals surface area (Å²) < 4.78 is 32.3. The molecule has 0 saturated carbocycles. The first-order chi connectivity index (χ1) is 9.58. The van der Waals surface area contributed by atoms with E-state index in [2.05, 4.69) is 0 Å². The van der Waals surface area contributed by atoms with Gasteiger partial charge in [-0.2, -0.15) is 0 Å². The van der Waals surface area contributed by atoms with E-state index in [9.17, 15) is 13.6 Å². The first-order valence-corrected chi connectivity index (χ1v) is 6.08. The molecule has 0 unspecified atom stereocenters. The second kappa shape index (κ2) is 4.59. The normalized spacial score (nSPS) is 16.6. The highest BCUT2D eigenvalue weighted by Gasteiger charge is 2.31. The number of amides is 1. The predicted molar refractivity (Wildman–Crippen MR) is 68.7 cm³/mol. The number of rotatable bonds is 2. The van der Waals surface area contributed by atoms with Crippen LogP contribution in [-0.2, 0) is 0 Å². The molecule has 5 heteroatoms. The van der Waals surface area contributed by atoms with Crippen molar-refractivity contribution in [1.29, 1.82) is 0 Å². The Bertz CT molecular complexity index is 700. The van der Waals surface area contributed by atoms with E-state index in [1.54, 1.807) is 24.3 Å². The van der Waals surface area contributed by atoms with Crippen LogP contribution in [0.2, 0.25) is 0 Å². The Morgan fingerprint density at radius 1 is 1.20 bits per heavy atom. The predicted octanol–water partition coefficient (Wildman–Crippen LogP) is 2.59. The maximum Gasteiger partial charge on any atom is 0.249 e. The Morgan fingerprint density at radius 3 is 2.70 bits per heavy atom. The van der Waals surface area contributed by atoms with Crippen LogP contribution in [0.5, 0.6) is 5.75 Å². The first-order valence-electron chi connectivity index (χ1n) is 6.08. The summed E-state index contributed by atoms with van der Waals surface area (Å²) in [5.74, 6) is -2.35. The van der Waals surface area contributed by atoms with E-state index in [4.69, 9.17) is 10.5 Å². The number of carbonyl (C=O) groups excluding carboxylic acids is 1. The lowest BCUT2D eigenvalue weighted by atomic mass is 9.89. The van der Waals surface area contributed by atoms with Gasteiger partial charge in [-0.25, -0.2) is 8.78 Å². The molecule has 2 aromatic carbocycles. The minimum atomic E-state index is -0.737. The van der Waals surface area contributed by atoms with Crippen LogP contribution in [0.4, 0.5) is 8.78 Å². The third kappa shape index (κ3) is 1.91. The third-order valence-electron chi connectivity index (χ3n) is 3.41. The Kier molecular flexibility index (Phi) is 2.89. The summed E-state index contributed by atoms with van der Waals surface area (Å²) in [5.41, 5.74) is 6.68. The van der Waals surface area contributed by atoms with Crippen LogP contribution in [-0.4, -0.2) is 12.5 Å². The second-order valence-electron chi connectivity index (χ2n) is 4.62. The van der Waals surface area contributed by atoms with Crippen LogP contribution in [0.1, 0.15) is 27.4 Å². The smallest absolute Gasteiger partial charge is 0.249 e. The summed E-state index contributed by atoms with van der Waals surface area (Å²) >= 11 is 0. The van der Waals surface area contributed by atoms with Crippen LogP contribution >= 0.6 is 0 Å². The SMILES string of the molecule is NC(=O)c1ccccc1[C@@H]1COc2c(F)cc(F)cc21. The van der Waals surface area contributed by atoms with Crippen molar-refractivity contribution >= 4 is 5.91 Å². The summed E-state index contributed by atoms with van der Waals surface area (Å²) in [5, 5.41) is 0. The van der Waals surface area contributed by atoms with Gasteiger partial charge in [-0.05, 0) is 17.7 Å². The molecule has 1 amide bonds. The van der Waals surface area contributed by atoms with Gasteiger partial charge in [-0.15, -0.1) is 0 Å². The number of ether oxygens (including phenoxy) is 1. The van der Waals surface area contributed by atoms with Gasteiger partial charge in [0.05, 0.1) is 6.61 Å². The lowest BCUT2D eigenvalue weighted by molar-refractivity contribution is 0.0999. The van der Waals surface area contributed by atoms with Gasteiger partial charge in [0.15, 0.2) is 11.6 Å². The van der Waals surface area contributed by atoms with Crippen molar-refractivity contribution < 1.29 is 18.3 Å². The van der Waals surface area contributed by atoms with Gasteiger partial charge < -0.3 is 10.5 Å². The molecule has 0 spiro atoms. The van der Waals surface area contributed by atoms with E-state index in [0.29, 0.717) is 16.7 Å². The summed E-state index contributed by atoms with van der Waals surface area (Å²) in [6.45, 7) is 0.153. The fourth-order valence-corrected chi connectivity index (χ4v) is 2.53. The largest absolute Gasteiger partial charge is 0.489 e. The monoisotopic (exact) mass is 275 g/mol. The van der Waals surface area contributed by atoms with E-state index >= 15 is 0 Å². The van der Waals surface area contributed by atoms with Crippen molar-refractivity contribution in [2.24, 2.45) is 5.73 Å². The van der Waals surface area contributed by atoms with Crippen molar-refractivity contribution in [3.8, 4) is 5.75 Å². The molecular formula is C15H11F2NO2. The highest BCUT2D eigenvalue weighted by atomic mass is 19.1. The van der Waals surface area contributed by atoms with E-state index in [1.807, 2.05) is 0 Å². The standard InChI is InChI=1S/C15H11F2NO2/c16-8-5-11-12(7-20-14(11)13(17)6-8)9-3-1-2-4-10(9)15(18)19/h1-6,12H,7H2,(H2,18,19)/t12-/m0/s1. The average Bonchev–Trinajstić information content (AvgIpc) is 2.82. The topological polar surface area (TPSA) is 52.3 Å². The van der Waals surface area contributed by atoms with E-state index < -0.39 is 23.5 Å². The van der Waals surface area contributed by atoms with Gasteiger partial charge in [-0.3, -0.25) is 4.79 Å². The fourth-order valence-electron chi connectivity index (χ4n) is 2.53. The van der Waals surface area contributed by atoms with Crippen LogP contribution < -0.4 is 10.5 Å². The Balaban J connectivity index is 2.15. The molecule has 102 valence electrons. The fraction of sp³-hybridized carbons (Fsp3) is 0.133. The maximum absolute atomic E-state index is 13.6. The molecule has 0 radical (unpaired) electrons. The molecule has 1 atom stereocenters. The van der Waals surface area contributed by atoms with Crippen molar-refractivity contribution in [2.45, 2.75) is 5.92 Å². The number of hydrogen-bond donors (Lipinski definition) is 1. The summed E-state index contributed by atoms with van der Waals surface area (Å²) in [7, 11) is 0. The van der Waals surface area contributed by atoms with Gasteiger partial charge in [0.2, 0.25) is 5.91 Å². The van der Waals surface area contributed by atoms with E-state index in [-0.39, 0.29) is 12.4 Å². The van der Waals surface area contributed by atoms with Gasteiger partial charge in [0, 0.05) is 23.1 Å². The Labute approximate surface area is 114 Å². The minimum Gasteiger partial charge on any atom is -0.489 e. The number of fused-ring (bicyclic) bond motifs is 1. The van der Waals surface area contributed by atoms with Gasteiger partial charge in [-0.1, -0.05) is 18.2 Å². The second-order valence-corrected chi connectivity index (χ2v) is 4.62. The first kappa shape index (κ1) is 12.6. The van der Waals surface area contributed by atoms with Crippen LogP contribution in [0, 0.1) is 11.6 Å². The zero-order chi connectivity index (χ0) is 14.3. The minimum absolute atomic E-state index is 0.0377. The molecule has 20 heavy (non-hydrogen) atoms. The summed E-state index contributed by atoms with van der Waals surface area (Å²) in [4.78, 5) is 11.5. The Hall–Kier alpha value is -2.43. The zero-order valence-corrected chi connectivity index (χ0v) is 10.4. The molecule has 0 bridgehead atoms. The average molecular weight is 275 g/mol. The van der Waals surface area contributed by atoms with Crippen LogP contribution in [0.3, 0.4) is 0 Å². The number of carbonyl (C=O) groups is 1. The molecule has 3 rings (SSSR count). The molecule has 2 N–H and O–H groups in total. The van der Waals surface area contributed by atoms with Crippen LogP contribution in [0.15, 0.2) is 36.4 Å². The number of primary amides is 1. The quantitative estimate of drug-likeness (QED) is 0.915. The molecule has 0 fully saturated rings. The van der Waals surface area contributed by atoms with Gasteiger partial charge in [0.1, 0.15) is 5.82 Å². The molecule has 0 saturated heterocycles. The number of halogens is 2. The van der Waals surface area contributed by atoms with E-state index in [1.165, 1.54) is 6.07 Å². The lowest BCUT2D eigenvalue weighted by Crippen LogP contribution is -2.16. The zero-order valence-electron chi connectivity index (χ0n) is 10.4. The third-order valence-corrected chi connectivity index (χ3v) is 3.41. The van der Waals surface area contributed by atoms with Gasteiger partial charge in [0.25, 0.3) is 0 Å². The van der Waals surface area contributed by atoms with Gasteiger partial charge >= 0.3 is 0 Å². The van der Waals surface area contributed by atoms with Crippen molar-refractivity contribution in [3.05, 3.63) is 64.7 Å². The van der Waals surface area contributed by atoms with Crippen LogP contribution in [0.25, 0.3) is 0 Å². The molecule has 0 aromatic heterocycles. The Morgan fingerprint density at radius 2 is 1.95 bits per heavy atom. The summed E-state index contributed by atoms with van der Waals surface area (Å²) in [6, 6.07) is 8.74. The molecule has 1 heterocycles. The molecule has 1 aliphatic rings. The highest BCUT2D eigenvalue weighted by Crippen LogP contribution is 2.41.